The molecule has 0 fully saturated rings. The van der Waals surface area contributed by atoms with Crippen molar-refractivity contribution in [3.05, 3.63) is 23.8 Å². The van der Waals surface area contributed by atoms with E-state index in [0.717, 1.165) is 18.4 Å². The number of benzene rings is 1. The van der Waals surface area contributed by atoms with Crippen LogP contribution in [0.25, 0.3) is 0 Å². The SMILES string of the molecule is CCCC(O)(CCC)CC(=O)Nc1cc(C)ccc1OC. The van der Waals surface area contributed by atoms with Crippen molar-refractivity contribution in [2.75, 3.05) is 12.4 Å². The zero-order chi connectivity index (χ0) is 15.9. The van der Waals surface area contributed by atoms with Crippen LogP contribution < -0.4 is 10.1 Å². The fourth-order valence-electron chi connectivity index (χ4n) is 2.65. The van der Waals surface area contributed by atoms with Gasteiger partial charge in [-0.05, 0) is 37.5 Å². The summed E-state index contributed by atoms with van der Waals surface area (Å²) < 4.78 is 5.25. The molecule has 1 aromatic carbocycles. The molecule has 118 valence electrons. The number of ether oxygens (including phenoxy) is 1. The number of hydrogen-bond donors (Lipinski definition) is 2. The molecule has 0 aliphatic rings. The van der Waals surface area contributed by atoms with Gasteiger partial charge in [0, 0.05) is 0 Å². The molecular weight excluding hydrogens is 266 g/mol. The van der Waals surface area contributed by atoms with Gasteiger partial charge in [0.1, 0.15) is 5.75 Å². The van der Waals surface area contributed by atoms with Crippen LogP contribution in [-0.2, 0) is 4.79 Å². The first-order chi connectivity index (χ1) is 9.94. The maximum atomic E-state index is 12.2. The van der Waals surface area contributed by atoms with Gasteiger partial charge in [0.2, 0.25) is 5.91 Å². The first kappa shape index (κ1) is 17.5. The number of methoxy groups -OCH3 is 1. The minimum Gasteiger partial charge on any atom is -0.495 e. The number of nitrogens with one attached hydrogen (secondary N) is 1. The van der Waals surface area contributed by atoms with Gasteiger partial charge in [-0.1, -0.05) is 32.8 Å². The molecule has 21 heavy (non-hydrogen) atoms. The van der Waals surface area contributed by atoms with Crippen molar-refractivity contribution in [2.45, 2.75) is 58.5 Å². The summed E-state index contributed by atoms with van der Waals surface area (Å²) in [6, 6.07) is 5.63. The molecule has 0 atom stereocenters. The summed E-state index contributed by atoms with van der Waals surface area (Å²) in [5.41, 5.74) is 0.784. The van der Waals surface area contributed by atoms with Crippen molar-refractivity contribution in [1.82, 2.24) is 0 Å². The van der Waals surface area contributed by atoms with Crippen LogP contribution in [-0.4, -0.2) is 23.7 Å². The van der Waals surface area contributed by atoms with Crippen molar-refractivity contribution < 1.29 is 14.6 Å². The maximum absolute atomic E-state index is 12.2. The van der Waals surface area contributed by atoms with Gasteiger partial charge < -0.3 is 15.2 Å². The van der Waals surface area contributed by atoms with Gasteiger partial charge in [0.25, 0.3) is 0 Å². The number of carbonyl (C=O) groups is 1. The second-order valence-corrected chi connectivity index (χ2v) is 5.65. The average Bonchev–Trinajstić information content (AvgIpc) is 2.38. The smallest absolute Gasteiger partial charge is 0.227 e. The highest BCUT2D eigenvalue weighted by molar-refractivity contribution is 5.93. The van der Waals surface area contributed by atoms with Gasteiger partial charge in [0.15, 0.2) is 0 Å². The highest BCUT2D eigenvalue weighted by atomic mass is 16.5. The standard InChI is InChI=1S/C17H27NO3/c1-5-9-17(20,10-6-2)12-16(19)18-14-11-13(3)7-8-15(14)21-4/h7-8,11,20H,5-6,9-10,12H2,1-4H3,(H,18,19). The van der Waals surface area contributed by atoms with Crippen molar-refractivity contribution in [3.8, 4) is 5.75 Å². The van der Waals surface area contributed by atoms with E-state index in [2.05, 4.69) is 5.32 Å². The molecule has 4 heteroatoms. The lowest BCUT2D eigenvalue weighted by Gasteiger charge is -2.27. The van der Waals surface area contributed by atoms with E-state index in [1.165, 1.54) is 0 Å². The van der Waals surface area contributed by atoms with Crippen molar-refractivity contribution in [3.63, 3.8) is 0 Å². The first-order valence-electron chi connectivity index (χ1n) is 7.61. The molecule has 0 bridgehead atoms. The average molecular weight is 293 g/mol. The highest BCUT2D eigenvalue weighted by Crippen LogP contribution is 2.28. The van der Waals surface area contributed by atoms with Crippen LogP contribution in [0.15, 0.2) is 18.2 Å². The van der Waals surface area contributed by atoms with E-state index in [1.54, 1.807) is 7.11 Å². The Bertz CT molecular complexity index is 465. The third-order valence-corrected chi connectivity index (χ3v) is 3.55. The van der Waals surface area contributed by atoms with E-state index < -0.39 is 5.60 Å². The van der Waals surface area contributed by atoms with E-state index in [9.17, 15) is 9.90 Å². The molecule has 4 nitrogen and oxygen atoms in total. The minimum atomic E-state index is -0.912. The van der Waals surface area contributed by atoms with Gasteiger partial charge >= 0.3 is 0 Å². The molecule has 0 spiro atoms. The summed E-state index contributed by atoms with van der Waals surface area (Å²) in [7, 11) is 1.57. The molecule has 0 aliphatic carbocycles. The zero-order valence-electron chi connectivity index (χ0n) is 13.5. The molecule has 1 rings (SSSR count). The molecule has 0 heterocycles. The van der Waals surface area contributed by atoms with E-state index in [-0.39, 0.29) is 12.3 Å². The van der Waals surface area contributed by atoms with E-state index in [4.69, 9.17) is 4.74 Å². The monoisotopic (exact) mass is 293 g/mol. The molecule has 0 saturated heterocycles. The molecule has 0 radical (unpaired) electrons. The molecule has 1 aromatic rings. The Morgan fingerprint density at radius 1 is 1.29 bits per heavy atom. The van der Waals surface area contributed by atoms with Crippen LogP contribution in [0.2, 0.25) is 0 Å². The largest absolute Gasteiger partial charge is 0.495 e. The van der Waals surface area contributed by atoms with Crippen LogP contribution in [0, 0.1) is 6.92 Å². The molecular formula is C17H27NO3. The summed E-state index contributed by atoms with van der Waals surface area (Å²) >= 11 is 0. The molecule has 0 aliphatic heterocycles. The van der Waals surface area contributed by atoms with E-state index >= 15 is 0 Å². The third-order valence-electron chi connectivity index (χ3n) is 3.55. The van der Waals surface area contributed by atoms with Gasteiger partial charge in [0.05, 0.1) is 24.8 Å². The Morgan fingerprint density at radius 2 is 1.90 bits per heavy atom. The highest BCUT2D eigenvalue weighted by Gasteiger charge is 2.28. The van der Waals surface area contributed by atoms with E-state index in [1.807, 2.05) is 39.0 Å². The van der Waals surface area contributed by atoms with Crippen molar-refractivity contribution in [2.24, 2.45) is 0 Å². The van der Waals surface area contributed by atoms with E-state index in [0.29, 0.717) is 24.3 Å². The lowest BCUT2D eigenvalue weighted by atomic mass is 9.89. The van der Waals surface area contributed by atoms with Crippen LogP contribution in [0.4, 0.5) is 5.69 Å². The van der Waals surface area contributed by atoms with Gasteiger partial charge in [-0.2, -0.15) is 0 Å². The number of carbonyl (C=O) groups excluding carboxylic acids is 1. The van der Waals surface area contributed by atoms with Gasteiger partial charge in [-0.25, -0.2) is 0 Å². The molecule has 2 N–H and O–H groups in total. The number of amides is 1. The number of aryl methyl sites for hydroxylation is 1. The molecule has 1 amide bonds. The normalized spacial score (nSPS) is 11.3. The topological polar surface area (TPSA) is 58.6 Å². The Hall–Kier alpha value is -1.55. The Morgan fingerprint density at radius 3 is 2.43 bits per heavy atom. The maximum Gasteiger partial charge on any atom is 0.227 e. The predicted octanol–water partition coefficient (Wildman–Crippen LogP) is 3.66. The molecule has 0 aromatic heterocycles. The zero-order valence-corrected chi connectivity index (χ0v) is 13.5. The Kier molecular flexibility index (Phi) is 6.69. The lowest BCUT2D eigenvalue weighted by molar-refractivity contribution is -0.121. The third kappa shape index (κ3) is 5.38. The van der Waals surface area contributed by atoms with Crippen LogP contribution >= 0.6 is 0 Å². The Balaban J connectivity index is 2.78. The fourth-order valence-corrected chi connectivity index (χ4v) is 2.65. The fraction of sp³-hybridized carbons (Fsp3) is 0.588. The Labute approximate surface area is 127 Å². The number of anilines is 1. The van der Waals surface area contributed by atoms with Crippen LogP contribution in [0.1, 0.15) is 51.5 Å². The predicted molar refractivity (Wildman–Crippen MR) is 85.7 cm³/mol. The number of rotatable bonds is 8. The summed E-state index contributed by atoms with van der Waals surface area (Å²) in [5, 5.41) is 13.4. The summed E-state index contributed by atoms with van der Waals surface area (Å²) in [5.74, 6) is 0.451. The second-order valence-electron chi connectivity index (χ2n) is 5.65. The number of aliphatic hydroxyl groups is 1. The summed E-state index contributed by atoms with van der Waals surface area (Å²) in [6.07, 6.45) is 3.11. The molecule has 0 saturated carbocycles. The second kappa shape index (κ2) is 8.03. The number of hydrogen-bond acceptors (Lipinski definition) is 3. The van der Waals surface area contributed by atoms with Crippen LogP contribution in [0.5, 0.6) is 5.75 Å². The van der Waals surface area contributed by atoms with Crippen molar-refractivity contribution >= 4 is 11.6 Å². The van der Waals surface area contributed by atoms with Crippen molar-refractivity contribution in [1.29, 1.82) is 0 Å². The van der Waals surface area contributed by atoms with Gasteiger partial charge in [-0.15, -0.1) is 0 Å². The van der Waals surface area contributed by atoms with Gasteiger partial charge in [-0.3, -0.25) is 4.79 Å². The molecule has 0 unspecified atom stereocenters. The first-order valence-corrected chi connectivity index (χ1v) is 7.61. The summed E-state index contributed by atoms with van der Waals surface area (Å²) in [4.78, 5) is 12.2. The lowest BCUT2D eigenvalue weighted by Crippen LogP contribution is -2.33. The quantitative estimate of drug-likeness (QED) is 0.769. The summed E-state index contributed by atoms with van der Waals surface area (Å²) in [6.45, 7) is 5.99. The minimum absolute atomic E-state index is 0.117. The van der Waals surface area contributed by atoms with Crippen LogP contribution in [0.3, 0.4) is 0 Å².